The van der Waals surface area contributed by atoms with Gasteiger partial charge in [0.2, 0.25) is 10.0 Å². The molecule has 4 rings (SSSR count). The molecule has 28 heavy (non-hydrogen) atoms. The zero-order valence-electron chi connectivity index (χ0n) is 15.5. The van der Waals surface area contributed by atoms with Crippen LogP contribution in [0, 0.1) is 5.92 Å². The van der Waals surface area contributed by atoms with Crippen LogP contribution in [-0.4, -0.2) is 57.4 Å². The summed E-state index contributed by atoms with van der Waals surface area (Å²) in [5, 5.41) is 16.8. The molecule has 1 aliphatic rings. The Hall–Kier alpha value is -1.76. The van der Waals surface area contributed by atoms with Crippen molar-refractivity contribution >= 4 is 44.2 Å². The Bertz CT molecular complexity index is 1080. The van der Waals surface area contributed by atoms with Crippen molar-refractivity contribution in [3.05, 3.63) is 23.2 Å². The molecule has 1 fully saturated rings. The van der Waals surface area contributed by atoms with Gasteiger partial charge < -0.3 is 4.84 Å². The smallest absolute Gasteiger partial charge is 0.243 e. The second-order valence-corrected chi connectivity index (χ2v) is 10.7. The fourth-order valence-corrected chi connectivity index (χ4v) is 5.98. The number of thioether (sulfide) groups is 1. The third kappa shape index (κ3) is 3.86. The normalized spacial score (nSPS) is 18.6. The zero-order chi connectivity index (χ0) is 19.7. The number of piperidine rings is 1. The van der Waals surface area contributed by atoms with Crippen molar-refractivity contribution < 1.29 is 13.3 Å². The molecule has 150 valence electrons. The molecule has 0 saturated carbocycles. The first-order valence-corrected chi connectivity index (χ1v) is 12.3. The fourth-order valence-electron chi connectivity index (χ4n) is 3.14. The maximum Gasteiger partial charge on any atom is 0.243 e. The lowest BCUT2D eigenvalue weighted by atomic mass is 10.0. The lowest BCUT2D eigenvalue weighted by molar-refractivity contribution is 0.0746. The SMILES string of the molecule is CSc1nnc(COn2nnc3ccc(S(=O)(=O)N4CCCC(C)C4)cc32)s1. The molecule has 0 aliphatic carbocycles. The Balaban J connectivity index is 1.58. The zero-order valence-corrected chi connectivity index (χ0v) is 17.9. The van der Waals surface area contributed by atoms with Crippen LogP contribution in [0.5, 0.6) is 0 Å². The van der Waals surface area contributed by atoms with Crippen molar-refractivity contribution in [2.75, 3.05) is 19.3 Å². The molecular formula is C16H20N6O3S3. The summed E-state index contributed by atoms with van der Waals surface area (Å²) in [6.45, 7) is 3.35. The predicted octanol–water partition coefficient (Wildman–Crippen LogP) is 2.05. The van der Waals surface area contributed by atoms with Gasteiger partial charge in [-0.1, -0.05) is 34.9 Å². The van der Waals surface area contributed by atoms with E-state index in [0.717, 1.165) is 17.2 Å². The second kappa shape index (κ2) is 7.93. The van der Waals surface area contributed by atoms with Crippen molar-refractivity contribution in [3.63, 3.8) is 0 Å². The molecular weight excluding hydrogens is 420 g/mol. The lowest BCUT2D eigenvalue weighted by Crippen LogP contribution is -2.39. The van der Waals surface area contributed by atoms with E-state index in [4.69, 9.17) is 4.84 Å². The van der Waals surface area contributed by atoms with E-state index in [9.17, 15) is 8.42 Å². The quantitative estimate of drug-likeness (QED) is 0.537. The summed E-state index contributed by atoms with van der Waals surface area (Å²) in [5.74, 6) is 0.362. The minimum Gasteiger partial charge on any atom is -0.387 e. The van der Waals surface area contributed by atoms with Gasteiger partial charge in [-0.2, -0.15) is 4.31 Å². The van der Waals surface area contributed by atoms with E-state index in [1.54, 1.807) is 22.5 Å². The van der Waals surface area contributed by atoms with Crippen LogP contribution >= 0.6 is 23.1 Å². The fraction of sp³-hybridized carbons (Fsp3) is 0.500. The highest BCUT2D eigenvalue weighted by molar-refractivity contribution is 8.00. The maximum absolute atomic E-state index is 13.0. The Morgan fingerprint density at radius 3 is 2.93 bits per heavy atom. The first kappa shape index (κ1) is 19.6. The maximum atomic E-state index is 13.0. The minimum absolute atomic E-state index is 0.178. The summed E-state index contributed by atoms with van der Waals surface area (Å²) < 4.78 is 28.5. The van der Waals surface area contributed by atoms with Crippen LogP contribution in [-0.2, 0) is 16.6 Å². The van der Waals surface area contributed by atoms with E-state index in [1.807, 2.05) is 6.26 Å². The number of benzene rings is 1. The third-order valence-corrected chi connectivity index (χ3v) is 8.31. The first-order chi connectivity index (χ1) is 13.5. The molecule has 1 atom stereocenters. The standard InChI is InChI=1S/C16H20N6O3S3/c1-11-4-3-7-21(9-11)28(23,24)12-5-6-13-14(8-12)22(20-17-13)25-10-15-18-19-16(26-2)27-15/h5-6,8,11H,3-4,7,9-10H2,1-2H3. The van der Waals surface area contributed by atoms with Gasteiger partial charge in [0.25, 0.3) is 0 Å². The highest BCUT2D eigenvalue weighted by atomic mass is 32.2. The first-order valence-electron chi connectivity index (χ1n) is 8.82. The molecule has 3 aromatic rings. The summed E-state index contributed by atoms with van der Waals surface area (Å²) >= 11 is 2.96. The molecule has 3 heterocycles. The van der Waals surface area contributed by atoms with Crippen LogP contribution in [0.25, 0.3) is 11.0 Å². The Kier molecular flexibility index (Phi) is 5.54. The molecule has 1 aliphatic heterocycles. The van der Waals surface area contributed by atoms with E-state index in [1.165, 1.54) is 27.9 Å². The second-order valence-electron chi connectivity index (χ2n) is 6.66. The molecule has 1 aromatic carbocycles. The molecule has 1 unspecified atom stereocenters. The largest absolute Gasteiger partial charge is 0.387 e. The molecule has 12 heteroatoms. The lowest BCUT2D eigenvalue weighted by Gasteiger charge is -2.30. The van der Waals surface area contributed by atoms with Crippen molar-refractivity contribution in [2.24, 2.45) is 5.92 Å². The number of hydrogen-bond acceptors (Lipinski definition) is 9. The average Bonchev–Trinajstić information content (AvgIpc) is 3.32. The number of aromatic nitrogens is 5. The van der Waals surface area contributed by atoms with Crippen molar-refractivity contribution in [3.8, 4) is 0 Å². The third-order valence-electron chi connectivity index (χ3n) is 4.58. The van der Waals surface area contributed by atoms with Gasteiger partial charge >= 0.3 is 0 Å². The van der Waals surface area contributed by atoms with Crippen molar-refractivity contribution in [2.45, 2.75) is 35.6 Å². The minimum atomic E-state index is -3.56. The molecule has 1 saturated heterocycles. The molecule has 0 radical (unpaired) electrons. The van der Waals surface area contributed by atoms with Crippen LogP contribution in [0.4, 0.5) is 0 Å². The van der Waals surface area contributed by atoms with Crippen LogP contribution in [0.15, 0.2) is 27.4 Å². The number of nitrogens with zero attached hydrogens (tertiary/aromatic N) is 6. The predicted molar refractivity (Wildman–Crippen MR) is 107 cm³/mol. The van der Waals surface area contributed by atoms with Gasteiger partial charge in [-0.25, -0.2) is 8.42 Å². The Morgan fingerprint density at radius 1 is 1.32 bits per heavy atom. The summed E-state index contributed by atoms with van der Waals surface area (Å²) in [6, 6.07) is 4.79. The van der Waals surface area contributed by atoms with E-state index in [2.05, 4.69) is 27.4 Å². The highest BCUT2D eigenvalue weighted by Gasteiger charge is 2.29. The Labute approximate surface area is 171 Å². The summed E-state index contributed by atoms with van der Waals surface area (Å²) in [4.78, 5) is 7.13. The summed E-state index contributed by atoms with van der Waals surface area (Å²) in [5.41, 5.74) is 1.06. The van der Waals surface area contributed by atoms with E-state index in [0.29, 0.717) is 35.0 Å². The van der Waals surface area contributed by atoms with Crippen molar-refractivity contribution in [1.29, 1.82) is 0 Å². The van der Waals surface area contributed by atoms with Gasteiger partial charge in [0.05, 0.1) is 4.90 Å². The summed E-state index contributed by atoms with van der Waals surface area (Å²) in [6.07, 6.45) is 3.87. The van der Waals surface area contributed by atoms with Gasteiger partial charge in [-0.15, -0.1) is 15.3 Å². The molecule has 0 bridgehead atoms. The molecule has 0 N–H and O–H groups in total. The van der Waals surface area contributed by atoms with Gasteiger partial charge in [0, 0.05) is 13.1 Å². The van der Waals surface area contributed by atoms with E-state index >= 15 is 0 Å². The monoisotopic (exact) mass is 440 g/mol. The number of sulfonamides is 1. The van der Waals surface area contributed by atoms with Gasteiger partial charge in [-0.05, 0) is 48.4 Å². The highest BCUT2D eigenvalue weighted by Crippen LogP contribution is 2.25. The van der Waals surface area contributed by atoms with Crippen LogP contribution in [0.1, 0.15) is 24.8 Å². The molecule has 2 aromatic heterocycles. The van der Waals surface area contributed by atoms with Gasteiger partial charge in [0.15, 0.2) is 16.0 Å². The summed E-state index contributed by atoms with van der Waals surface area (Å²) in [7, 11) is -3.56. The number of fused-ring (bicyclic) bond motifs is 1. The molecule has 0 amide bonds. The molecule has 0 spiro atoms. The van der Waals surface area contributed by atoms with Crippen LogP contribution < -0.4 is 4.84 Å². The van der Waals surface area contributed by atoms with Gasteiger partial charge in [-0.3, -0.25) is 0 Å². The van der Waals surface area contributed by atoms with Crippen LogP contribution in [0.2, 0.25) is 0 Å². The van der Waals surface area contributed by atoms with E-state index < -0.39 is 10.0 Å². The topological polar surface area (TPSA) is 103 Å². The van der Waals surface area contributed by atoms with Gasteiger partial charge in [0.1, 0.15) is 11.0 Å². The molecule has 9 nitrogen and oxygen atoms in total. The number of rotatable bonds is 6. The van der Waals surface area contributed by atoms with Crippen molar-refractivity contribution in [1.82, 2.24) is 29.7 Å². The van der Waals surface area contributed by atoms with Crippen LogP contribution in [0.3, 0.4) is 0 Å². The average molecular weight is 441 g/mol. The Morgan fingerprint density at radius 2 is 2.18 bits per heavy atom. The van der Waals surface area contributed by atoms with E-state index in [-0.39, 0.29) is 11.5 Å². The number of hydrogen-bond donors (Lipinski definition) is 0.